The summed E-state index contributed by atoms with van der Waals surface area (Å²) in [5.41, 5.74) is 7.16. The minimum atomic E-state index is -0.204. The highest BCUT2D eigenvalue weighted by atomic mass is 16.2. The van der Waals surface area contributed by atoms with Gasteiger partial charge < -0.3 is 0 Å². The van der Waals surface area contributed by atoms with Crippen LogP contribution < -0.4 is 10.9 Å². The first kappa shape index (κ1) is 17.7. The largest absolute Gasteiger partial charge is 0.273 e. The maximum atomic E-state index is 12.3. The van der Waals surface area contributed by atoms with Crippen molar-refractivity contribution >= 4 is 11.8 Å². The van der Waals surface area contributed by atoms with E-state index in [9.17, 15) is 9.59 Å². The van der Waals surface area contributed by atoms with E-state index in [1.54, 1.807) is 0 Å². The molecule has 2 N–H and O–H groups in total. The lowest BCUT2D eigenvalue weighted by Crippen LogP contribution is -2.42. The predicted molar refractivity (Wildman–Crippen MR) is 95.1 cm³/mol. The Morgan fingerprint density at radius 1 is 0.750 bits per heavy atom. The van der Waals surface area contributed by atoms with Gasteiger partial charge in [-0.15, -0.1) is 0 Å². The van der Waals surface area contributed by atoms with E-state index in [0.717, 1.165) is 11.1 Å². The molecule has 0 saturated heterocycles. The fourth-order valence-corrected chi connectivity index (χ4v) is 2.60. The Bertz CT molecular complexity index is 614. The van der Waals surface area contributed by atoms with Crippen LogP contribution in [0.5, 0.6) is 0 Å². The van der Waals surface area contributed by atoms with Crippen molar-refractivity contribution in [1.82, 2.24) is 10.9 Å². The van der Waals surface area contributed by atoms with Crippen LogP contribution in [-0.2, 0) is 9.59 Å². The third-order valence-electron chi connectivity index (χ3n) is 3.73. The first-order valence-corrected chi connectivity index (χ1v) is 8.24. The number of benzene rings is 2. The van der Waals surface area contributed by atoms with Gasteiger partial charge in [0, 0.05) is 18.8 Å². The standard InChI is InChI=1S/C20H24N2O2/c1-15(2)13-19(23)21-22-20(24)14-18(16-9-5-3-6-10-16)17-11-7-4-8-12-17/h3-12,15,18H,13-14H2,1-2H3,(H,21,23)(H,22,24). The van der Waals surface area contributed by atoms with Gasteiger partial charge in [0.1, 0.15) is 0 Å². The monoisotopic (exact) mass is 324 g/mol. The molecule has 0 fully saturated rings. The van der Waals surface area contributed by atoms with Crippen LogP contribution in [0.25, 0.3) is 0 Å². The molecule has 0 atom stereocenters. The minimum Gasteiger partial charge on any atom is -0.273 e. The third-order valence-corrected chi connectivity index (χ3v) is 3.73. The molecule has 2 rings (SSSR count). The normalized spacial score (nSPS) is 10.7. The summed E-state index contributed by atoms with van der Waals surface area (Å²) in [4.78, 5) is 23.9. The predicted octanol–water partition coefficient (Wildman–Crippen LogP) is 3.40. The lowest BCUT2D eigenvalue weighted by atomic mass is 9.88. The highest BCUT2D eigenvalue weighted by Crippen LogP contribution is 2.27. The van der Waals surface area contributed by atoms with Gasteiger partial charge in [-0.2, -0.15) is 0 Å². The van der Waals surface area contributed by atoms with E-state index >= 15 is 0 Å². The van der Waals surface area contributed by atoms with Crippen LogP contribution in [0.1, 0.15) is 43.7 Å². The van der Waals surface area contributed by atoms with Crippen LogP contribution in [0.4, 0.5) is 0 Å². The van der Waals surface area contributed by atoms with Gasteiger partial charge in [-0.1, -0.05) is 74.5 Å². The number of hydrazine groups is 1. The Hall–Kier alpha value is -2.62. The molecular formula is C20H24N2O2. The Morgan fingerprint density at radius 3 is 1.58 bits per heavy atom. The summed E-state index contributed by atoms with van der Waals surface area (Å²) in [6.45, 7) is 3.92. The Morgan fingerprint density at radius 2 is 1.17 bits per heavy atom. The van der Waals surface area contributed by atoms with Gasteiger partial charge in [0.05, 0.1) is 0 Å². The fraction of sp³-hybridized carbons (Fsp3) is 0.300. The summed E-state index contributed by atoms with van der Waals surface area (Å²) in [6, 6.07) is 19.8. The molecule has 0 spiro atoms. The molecule has 0 heterocycles. The zero-order valence-electron chi connectivity index (χ0n) is 14.2. The van der Waals surface area contributed by atoms with E-state index in [4.69, 9.17) is 0 Å². The molecule has 0 saturated carbocycles. The molecule has 24 heavy (non-hydrogen) atoms. The summed E-state index contributed by atoms with van der Waals surface area (Å²) in [7, 11) is 0. The number of hydrogen-bond acceptors (Lipinski definition) is 2. The highest BCUT2D eigenvalue weighted by Gasteiger charge is 2.18. The average Bonchev–Trinajstić information content (AvgIpc) is 2.59. The van der Waals surface area contributed by atoms with E-state index in [1.807, 2.05) is 74.5 Å². The summed E-state index contributed by atoms with van der Waals surface area (Å²) in [5.74, 6) is -0.170. The van der Waals surface area contributed by atoms with E-state index in [0.29, 0.717) is 6.42 Å². The van der Waals surface area contributed by atoms with Crippen molar-refractivity contribution in [2.45, 2.75) is 32.6 Å². The van der Waals surface area contributed by atoms with E-state index < -0.39 is 0 Å². The number of hydrogen-bond donors (Lipinski definition) is 2. The quantitative estimate of drug-likeness (QED) is 0.800. The lowest BCUT2D eigenvalue weighted by Gasteiger charge is -2.18. The van der Waals surface area contributed by atoms with Gasteiger partial charge in [-0.3, -0.25) is 20.4 Å². The minimum absolute atomic E-state index is 0.0469. The van der Waals surface area contributed by atoms with Gasteiger partial charge in [-0.25, -0.2) is 0 Å². The maximum Gasteiger partial charge on any atom is 0.239 e. The van der Waals surface area contributed by atoms with Crippen molar-refractivity contribution in [3.8, 4) is 0 Å². The van der Waals surface area contributed by atoms with Gasteiger partial charge >= 0.3 is 0 Å². The van der Waals surface area contributed by atoms with Gasteiger partial charge in [0.25, 0.3) is 0 Å². The third kappa shape index (κ3) is 5.54. The van der Waals surface area contributed by atoms with Crippen molar-refractivity contribution in [2.75, 3.05) is 0 Å². The molecular weight excluding hydrogens is 300 g/mol. The summed E-state index contributed by atoms with van der Waals surface area (Å²) in [5, 5.41) is 0. The maximum absolute atomic E-state index is 12.3. The Kier molecular flexibility index (Phi) is 6.55. The Labute approximate surface area is 143 Å². The second kappa shape index (κ2) is 8.87. The first-order chi connectivity index (χ1) is 11.6. The van der Waals surface area contributed by atoms with Crippen molar-refractivity contribution in [2.24, 2.45) is 5.92 Å². The second-order valence-electron chi connectivity index (χ2n) is 6.27. The van der Waals surface area contributed by atoms with Gasteiger partial charge in [-0.05, 0) is 17.0 Å². The molecule has 0 aliphatic carbocycles. The highest BCUT2D eigenvalue weighted by molar-refractivity contribution is 5.82. The average molecular weight is 324 g/mol. The lowest BCUT2D eigenvalue weighted by molar-refractivity contribution is -0.129. The van der Waals surface area contributed by atoms with Crippen molar-refractivity contribution in [3.63, 3.8) is 0 Å². The van der Waals surface area contributed by atoms with Crippen LogP contribution in [0.15, 0.2) is 60.7 Å². The number of carbonyl (C=O) groups excluding carboxylic acids is 2. The molecule has 0 aromatic heterocycles. The van der Waals surface area contributed by atoms with Crippen LogP contribution in [0.2, 0.25) is 0 Å². The van der Waals surface area contributed by atoms with E-state index in [2.05, 4.69) is 10.9 Å². The van der Waals surface area contributed by atoms with Gasteiger partial charge in [0.15, 0.2) is 0 Å². The summed E-state index contributed by atoms with van der Waals surface area (Å²) >= 11 is 0. The van der Waals surface area contributed by atoms with E-state index in [-0.39, 0.29) is 30.1 Å². The number of carbonyl (C=O) groups is 2. The van der Waals surface area contributed by atoms with Crippen LogP contribution in [0, 0.1) is 5.92 Å². The number of nitrogens with one attached hydrogen (secondary N) is 2. The Balaban J connectivity index is 2.04. The van der Waals surface area contributed by atoms with E-state index in [1.165, 1.54) is 0 Å². The first-order valence-electron chi connectivity index (χ1n) is 8.24. The number of rotatable bonds is 6. The zero-order valence-corrected chi connectivity index (χ0v) is 14.2. The summed E-state index contributed by atoms with van der Waals surface area (Å²) in [6.07, 6.45) is 0.664. The smallest absolute Gasteiger partial charge is 0.239 e. The molecule has 126 valence electrons. The molecule has 0 aliphatic heterocycles. The molecule has 2 aromatic carbocycles. The molecule has 4 heteroatoms. The second-order valence-corrected chi connectivity index (χ2v) is 6.27. The number of amides is 2. The van der Waals surface area contributed by atoms with Crippen LogP contribution in [0.3, 0.4) is 0 Å². The molecule has 2 aromatic rings. The fourth-order valence-electron chi connectivity index (χ4n) is 2.60. The van der Waals surface area contributed by atoms with Crippen LogP contribution in [-0.4, -0.2) is 11.8 Å². The molecule has 0 radical (unpaired) electrons. The molecule has 0 aliphatic rings. The topological polar surface area (TPSA) is 58.2 Å². The summed E-state index contributed by atoms with van der Waals surface area (Å²) < 4.78 is 0. The van der Waals surface area contributed by atoms with Crippen molar-refractivity contribution in [1.29, 1.82) is 0 Å². The zero-order chi connectivity index (χ0) is 17.4. The molecule has 4 nitrogen and oxygen atoms in total. The molecule has 0 unspecified atom stereocenters. The van der Waals surface area contributed by atoms with Crippen molar-refractivity contribution in [3.05, 3.63) is 71.8 Å². The SMILES string of the molecule is CC(C)CC(=O)NNC(=O)CC(c1ccccc1)c1ccccc1. The molecule has 2 amide bonds. The van der Waals surface area contributed by atoms with Gasteiger partial charge in [0.2, 0.25) is 11.8 Å². The molecule has 0 bridgehead atoms. The van der Waals surface area contributed by atoms with Crippen molar-refractivity contribution < 1.29 is 9.59 Å². The van der Waals surface area contributed by atoms with Crippen LogP contribution >= 0.6 is 0 Å².